The van der Waals surface area contributed by atoms with E-state index in [1.54, 1.807) is 0 Å². The number of piperidine rings is 1. The molecule has 2 heteroatoms. The Morgan fingerprint density at radius 1 is 1.41 bits per heavy atom. The van der Waals surface area contributed by atoms with E-state index in [2.05, 4.69) is 36.2 Å². The molecule has 1 aliphatic heterocycles. The minimum atomic E-state index is 0.288. The maximum atomic E-state index is 8.87. The van der Waals surface area contributed by atoms with E-state index in [1.165, 1.54) is 37.1 Å². The van der Waals surface area contributed by atoms with Crippen LogP contribution in [0.2, 0.25) is 0 Å². The first kappa shape index (κ1) is 12.6. The zero-order chi connectivity index (χ0) is 12.1. The molecular weight excluding hydrogens is 210 g/mol. The molecule has 1 unspecified atom stereocenters. The van der Waals surface area contributed by atoms with Crippen LogP contribution in [0.1, 0.15) is 36.3 Å². The van der Waals surface area contributed by atoms with Gasteiger partial charge in [0.1, 0.15) is 0 Å². The largest absolute Gasteiger partial charge is 0.396 e. The van der Waals surface area contributed by atoms with Crippen molar-refractivity contribution in [2.45, 2.75) is 31.6 Å². The van der Waals surface area contributed by atoms with Gasteiger partial charge in [-0.15, -0.1) is 0 Å². The summed E-state index contributed by atoms with van der Waals surface area (Å²) in [6, 6.07) is 8.92. The summed E-state index contributed by atoms with van der Waals surface area (Å²) < 4.78 is 0. The molecule has 2 nitrogen and oxygen atoms in total. The van der Waals surface area contributed by atoms with Crippen LogP contribution in [0.15, 0.2) is 24.3 Å². The zero-order valence-electron chi connectivity index (χ0n) is 10.7. The van der Waals surface area contributed by atoms with Crippen molar-refractivity contribution in [3.63, 3.8) is 0 Å². The third kappa shape index (κ3) is 3.55. The third-order valence-electron chi connectivity index (χ3n) is 3.67. The minimum Gasteiger partial charge on any atom is -0.396 e. The van der Waals surface area contributed by atoms with Crippen LogP contribution in [-0.4, -0.2) is 36.8 Å². The van der Waals surface area contributed by atoms with Crippen molar-refractivity contribution in [2.24, 2.45) is 0 Å². The number of likely N-dealkylation sites (N-methyl/N-ethyl adjacent to an activating group) is 1. The van der Waals surface area contributed by atoms with Crippen LogP contribution in [0.25, 0.3) is 0 Å². The Labute approximate surface area is 104 Å². The smallest absolute Gasteiger partial charge is 0.0434 e. The van der Waals surface area contributed by atoms with Crippen molar-refractivity contribution >= 4 is 0 Å². The van der Waals surface area contributed by atoms with E-state index in [0.29, 0.717) is 5.92 Å². The molecule has 17 heavy (non-hydrogen) atoms. The lowest BCUT2D eigenvalue weighted by atomic mass is 9.89. The molecule has 1 saturated heterocycles. The van der Waals surface area contributed by atoms with Crippen LogP contribution in [0, 0.1) is 0 Å². The molecule has 1 aromatic carbocycles. The molecule has 94 valence electrons. The van der Waals surface area contributed by atoms with Crippen LogP contribution in [0.5, 0.6) is 0 Å². The van der Waals surface area contributed by atoms with Gasteiger partial charge in [-0.3, -0.25) is 0 Å². The second kappa shape index (κ2) is 6.18. The van der Waals surface area contributed by atoms with Gasteiger partial charge in [0, 0.05) is 13.2 Å². The fourth-order valence-corrected chi connectivity index (χ4v) is 2.72. The molecule has 1 aromatic rings. The molecule has 1 fully saturated rings. The lowest BCUT2D eigenvalue weighted by Crippen LogP contribution is -2.30. The van der Waals surface area contributed by atoms with Gasteiger partial charge in [0.2, 0.25) is 0 Å². The van der Waals surface area contributed by atoms with Gasteiger partial charge in [-0.2, -0.15) is 0 Å². The summed E-state index contributed by atoms with van der Waals surface area (Å²) in [5.41, 5.74) is 2.84. The van der Waals surface area contributed by atoms with E-state index in [9.17, 15) is 0 Å². The van der Waals surface area contributed by atoms with Crippen molar-refractivity contribution < 1.29 is 5.11 Å². The summed E-state index contributed by atoms with van der Waals surface area (Å²) in [5, 5.41) is 8.87. The Hall–Kier alpha value is -0.860. The average Bonchev–Trinajstić information content (AvgIpc) is 2.37. The number of hydrogen-bond donors (Lipinski definition) is 1. The quantitative estimate of drug-likeness (QED) is 0.863. The predicted octanol–water partition coefficient (Wildman–Crippen LogP) is 2.42. The molecular formula is C15H23NO. The minimum absolute atomic E-state index is 0.288. The first-order valence-corrected chi connectivity index (χ1v) is 6.68. The standard InChI is InChI=1S/C15H23NO/c1-16-9-3-8-15(12-16)14-7-2-5-13(11-14)6-4-10-17/h2,5,7,11,15,17H,3-4,6,8-10,12H2,1H3. The Bertz CT molecular complexity index is 351. The van der Waals surface area contributed by atoms with Gasteiger partial charge in [0.05, 0.1) is 0 Å². The predicted molar refractivity (Wildman–Crippen MR) is 71.3 cm³/mol. The lowest BCUT2D eigenvalue weighted by molar-refractivity contribution is 0.250. The first-order valence-electron chi connectivity index (χ1n) is 6.68. The van der Waals surface area contributed by atoms with Crippen molar-refractivity contribution in [1.29, 1.82) is 0 Å². The van der Waals surface area contributed by atoms with Crippen molar-refractivity contribution in [2.75, 3.05) is 26.7 Å². The van der Waals surface area contributed by atoms with Gasteiger partial charge < -0.3 is 10.0 Å². The highest BCUT2D eigenvalue weighted by atomic mass is 16.2. The summed E-state index contributed by atoms with van der Waals surface area (Å²) in [5.74, 6) is 0.697. The number of aliphatic hydroxyl groups excluding tert-OH is 1. The summed E-state index contributed by atoms with van der Waals surface area (Å²) in [7, 11) is 2.21. The highest BCUT2D eigenvalue weighted by Gasteiger charge is 2.18. The molecule has 0 spiro atoms. The van der Waals surface area contributed by atoms with Crippen LogP contribution in [0.4, 0.5) is 0 Å². The molecule has 1 aliphatic rings. The van der Waals surface area contributed by atoms with Crippen LogP contribution in [-0.2, 0) is 6.42 Å². The molecule has 0 aliphatic carbocycles. The van der Waals surface area contributed by atoms with Gasteiger partial charge in [-0.25, -0.2) is 0 Å². The van der Waals surface area contributed by atoms with Gasteiger partial charge in [0.15, 0.2) is 0 Å². The second-order valence-corrected chi connectivity index (χ2v) is 5.17. The molecule has 0 aromatic heterocycles. The first-order chi connectivity index (χ1) is 8.29. The number of likely N-dealkylation sites (tertiary alicyclic amines) is 1. The molecule has 0 amide bonds. The Kier molecular flexibility index (Phi) is 4.57. The number of hydrogen-bond acceptors (Lipinski definition) is 2. The number of nitrogens with zero attached hydrogens (tertiary/aromatic N) is 1. The summed E-state index contributed by atoms with van der Waals surface area (Å²) in [4.78, 5) is 2.43. The van der Waals surface area contributed by atoms with E-state index >= 15 is 0 Å². The van der Waals surface area contributed by atoms with Gasteiger partial charge >= 0.3 is 0 Å². The van der Waals surface area contributed by atoms with Crippen molar-refractivity contribution in [3.05, 3.63) is 35.4 Å². The van der Waals surface area contributed by atoms with E-state index in [0.717, 1.165) is 12.8 Å². The number of benzene rings is 1. The number of aryl methyl sites for hydroxylation is 1. The van der Waals surface area contributed by atoms with E-state index in [1.807, 2.05) is 0 Å². The highest BCUT2D eigenvalue weighted by Crippen LogP contribution is 2.26. The topological polar surface area (TPSA) is 23.5 Å². The molecule has 2 rings (SSSR count). The van der Waals surface area contributed by atoms with Crippen LogP contribution in [0.3, 0.4) is 0 Å². The maximum absolute atomic E-state index is 8.87. The van der Waals surface area contributed by atoms with Gasteiger partial charge in [-0.05, 0) is 56.3 Å². The summed E-state index contributed by atoms with van der Waals surface area (Å²) >= 11 is 0. The molecule has 1 heterocycles. The third-order valence-corrected chi connectivity index (χ3v) is 3.67. The summed E-state index contributed by atoms with van der Waals surface area (Å²) in [6.07, 6.45) is 4.48. The molecule has 0 radical (unpaired) electrons. The Morgan fingerprint density at radius 2 is 2.29 bits per heavy atom. The highest BCUT2D eigenvalue weighted by molar-refractivity contribution is 5.27. The average molecular weight is 233 g/mol. The van der Waals surface area contributed by atoms with Crippen molar-refractivity contribution in [1.82, 2.24) is 4.90 Å². The molecule has 0 saturated carbocycles. The lowest BCUT2D eigenvalue weighted by Gasteiger charge is -2.30. The van der Waals surface area contributed by atoms with Crippen LogP contribution < -0.4 is 0 Å². The van der Waals surface area contributed by atoms with Gasteiger partial charge in [0.25, 0.3) is 0 Å². The zero-order valence-corrected chi connectivity index (χ0v) is 10.7. The number of aliphatic hydroxyl groups is 1. The van der Waals surface area contributed by atoms with E-state index < -0.39 is 0 Å². The molecule has 0 bridgehead atoms. The fourth-order valence-electron chi connectivity index (χ4n) is 2.72. The van der Waals surface area contributed by atoms with Crippen molar-refractivity contribution in [3.8, 4) is 0 Å². The van der Waals surface area contributed by atoms with E-state index in [-0.39, 0.29) is 6.61 Å². The Balaban J connectivity index is 2.04. The normalized spacial score (nSPS) is 21.6. The SMILES string of the molecule is CN1CCCC(c2cccc(CCCO)c2)C1. The summed E-state index contributed by atoms with van der Waals surface area (Å²) in [6.45, 7) is 2.71. The monoisotopic (exact) mass is 233 g/mol. The molecule has 1 atom stereocenters. The van der Waals surface area contributed by atoms with E-state index in [4.69, 9.17) is 5.11 Å². The molecule has 1 N–H and O–H groups in total. The Morgan fingerprint density at radius 3 is 3.06 bits per heavy atom. The van der Waals surface area contributed by atoms with Crippen LogP contribution >= 0.6 is 0 Å². The number of rotatable bonds is 4. The fraction of sp³-hybridized carbons (Fsp3) is 0.600. The second-order valence-electron chi connectivity index (χ2n) is 5.17. The maximum Gasteiger partial charge on any atom is 0.0434 e. The van der Waals surface area contributed by atoms with Gasteiger partial charge in [-0.1, -0.05) is 24.3 Å².